The maximum absolute atomic E-state index is 12.8. The first-order valence-corrected chi connectivity index (χ1v) is 4.00. The van der Waals surface area contributed by atoms with Crippen molar-refractivity contribution in [2.45, 2.75) is 0 Å². The quantitative estimate of drug-likeness (QED) is 0.735. The smallest absolute Gasteiger partial charge is 0.157 e. The molecular weight excluding hydrogens is 260 g/mol. The van der Waals surface area contributed by atoms with E-state index >= 15 is 0 Å². The van der Waals surface area contributed by atoms with Crippen molar-refractivity contribution in [2.24, 2.45) is 0 Å². The largest absolute Gasteiger partial charge is 0.275 e. The number of nitrogens with zero attached hydrogens (tertiary/aromatic N) is 2. The van der Waals surface area contributed by atoms with E-state index in [0.717, 1.165) is 0 Å². The highest BCUT2D eigenvalue weighted by Crippen LogP contribution is 2.17. The van der Waals surface area contributed by atoms with Gasteiger partial charge < -0.3 is 0 Å². The van der Waals surface area contributed by atoms with Crippen LogP contribution < -0.4 is 0 Å². The average Bonchev–Trinajstić information content (AvgIpc) is 2.45. The van der Waals surface area contributed by atoms with E-state index < -0.39 is 0 Å². The fourth-order valence-corrected chi connectivity index (χ4v) is 1.38. The second-order valence-corrected chi connectivity index (χ2v) is 3.13. The Kier molecular flexibility index (Phi) is 1.52. The van der Waals surface area contributed by atoms with Crippen molar-refractivity contribution in [1.29, 1.82) is 0 Å². The van der Waals surface area contributed by atoms with E-state index in [1.165, 1.54) is 6.20 Å². The first kappa shape index (κ1) is 6.96. The summed E-state index contributed by atoms with van der Waals surface area (Å²) in [7, 11) is 0. The third-order valence-corrected chi connectivity index (χ3v) is 2.42. The molecule has 0 spiro atoms. The van der Waals surface area contributed by atoms with Gasteiger partial charge in [-0.3, -0.25) is 5.10 Å². The Morgan fingerprint density at radius 1 is 1.45 bits per heavy atom. The Labute approximate surface area is 75.2 Å². The van der Waals surface area contributed by atoms with Crippen LogP contribution in [0.5, 0.6) is 0 Å². The molecule has 2 aromatic rings. The van der Waals surface area contributed by atoms with Crippen molar-refractivity contribution >= 4 is 33.6 Å². The Morgan fingerprint density at radius 3 is 3.09 bits per heavy atom. The van der Waals surface area contributed by atoms with Crippen LogP contribution in [0.3, 0.4) is 0 Å². The molecule has 0 bridgehead atoms. The molecular formula is C6H3FIN3. The topological polar surface area (TPSA) is 41.6 Å². The van der Waals surface area contributed by atoms with Crippen LogP contribution in [0.2, 0.25) is 0 Å². The van der Waals surface area contributed by atoms with Gasteiger partial charge in [-0.1, -0.05) is 0 Å². The predicted molar refractivity (Wildman–Crippen MR) is 46.6 cm³/mol. The molecule has 0 aliphatic rings. The highest BCUT2D eigenvalue weighted by molar-refractivity contribution is 14.1. The Morgan fingerprint density at radius 2 is 2.27 bits per heavy atom. The Bertz CT molecular complexity index is 398. The van der Waals surface area contributed by atoms with Gasteiger partial charge in [0.2, 0.25) is 0 Å². The Balaban J connectivity index is 2.93. The van der Waals surface area contributed by atoms with Crippen LogP contribution in [0.15, 0.2) is 12.4 Å². The van der Waals surface area contributed by atoms with Gasteiger partial charge >= 0.3 is 0 Å². The monoisotopic (exact) mass is 263 g/mol. The van der Waals surface area contributed by atoms with Crippen molar-refractivity contribution in [2.75, 3.05) is 0 Å². The zero-order chi connectivity index (χ0) is 7.84. The molecule has 0 saturated heterocycles. The van der Waals surface area contributed by atoms with Gasteiger partial charge in [0.25, 0.3) is 0 Å². The minimum absolute atomic E-state index is 0.317. The van der Waals surface area contributed by atoms with E-state index in [1.807, 2.05) is 22.6 Å². The maximum Gasteiger partial charge on any atom is 0.157 e. The first-order valence-electron chi connectivity index (χ1n) is 2.92. The van der Waals surface area contributed by atoms with Crippen LogP contribution in [0, 0.1) is 9.39 Å². The van der Waals surface area contributed by atoms with E-state index in [2.05, 4.69) is 15.2 Å². The minimum Gasteiger partial charge on any atom is -0.275 e. The molecule has 0 amide bonds. The molecule has 2 aromatic heterocycles. The SMILES string of the molecule is Fc1cnc2cn[nH]c2c1I. The van der Waals surface area contributed by atoms with Crippen LogP contribution >= 0.6 is 22.6 Å². The fraction of sp³-hybridized carbons (Fsp3) is 0. The molecule has 5 heteroatoms. The summed E-state index contributed by atoms with van der Waals surface area (Å²) in [5, 5.41) is 6.41. The van der Waals surface area contributed by atoms with Gasteiger partial charge in [-0.2, -0.15) is 5.10 Å². The molecule has 2 rings (SSSR count). The molecule has 1 N–H and O–H groups in total. The van der Waals surface area contributed by atoms with E-state index in [9.17, 15) is 4.39 Å². The first-order chi connectivity index (χ1) is 5.29. The summed E-state index contributed by atoms with van der Waals surface area (Å²) < 4.78 is 13.3. The lowest BCUT2D eigenvalue weighted by Gasteiger charge is -1.92. The molecule has 3 nitrogen and oxygen atoms in total. The molecule has 0 unspecified atom stereocenters. The van der Waals surface area contributed by atoms with Gasteiger partial charge in [-0.05, 0) is 22.6 Å². The summed E-state index contributed by atoms with van der Waals surface area (Å²) in [6.07, 6.45) is 2.76. The number of nitrogens with one attached hydrogen (secondary N) is 1. The molecule has 0 radical (unpaired) electrons. The third kappa shape index (κ3) is 0.991. The highest BCUT2D eigenvalue weighted by Gasteiger charge is 2.05. The molecule has 0 aliphatic heterocycles. The zero-order valence-electron chi connectivity index (χ0n) is 5.31. The number of rotatable bonds is 0. The summed E-state index contributed by atoms with van der Waals surface area (Å²) in [4.78, 5) is 3.83. The number of hydrogen-bond donors (Lipinski definition) is 1. The number of hydrogen-bond acceptors (Lipinski definition) is 2. The van der Waals surface area contributed by atoms with E-state index in [-0.39, 0.29) is 5.82 Å². The lowest BCUT2D eigenvalue weighted by molar-refractivity contribution is 0.617. The molecule has 56 valence electrons. The van der Waals surface area contributed by atoms with Crippen molar-refractivity contribution in [3.63, 3.8) is 0 Å². The van der Waals surface area contributed by atoms with Gasteiger partial charge in [-0.15, -0.1) is 0 Å². The van der Waals surface area contributed by atoms with Crippen LogP contribution in [0.4, 0.5) is 4.39 Å². The number of H-pyrrole nitrogens is 1. The van der Waals surface area contributed by atoms with Crippen LogP contribution in [0.25, 0.3) is 11.0 Å². The standard InChI is InChI=1S/C6H3FIN3/c7-3-1-9-4-2-10-11-6(4)5(3)8/h1-2H,(H,10,11). The number of aromatic amines is 1. The number of aromatic nitrogens is 3. The van der Waals surface area contributed by atoms with Crippen molar-refractivity contribution in [3.05, 3.63) is 21.8 Å². The van der Waals surface area contributed by atoms with E-state index in [4.69, 9.17) is 0 Å². The van der Waals surface area contributed by atoms with Crippen LogP contribution in [0.1, 0.15) is 0 Å². The number of pyridine rings is 1. The van der Waals surface area contributed by atoms with Gasteiger partial charge in [-0.25, -0.2) is 9.37 Å². The van der Waals surface area contributed by atoms with Crippen LogP contribution in [-0.4, -0.2) is 15.2 Å². The van der Waals surface area contributed by atoms with Gasteiger partial charge in [0.1, 0.15) is 5.52 Å². The van der Waals surface area contributed by atoms with Crippen molar-refractivity contribution in [3.8, 4) is 0 Å². The molecule has 0 saturated carbocycles. The normalized spacial score (nSPS) is 10.7. The maximum atomic E-state index is 12.8. The van der Waals surface area contributed by atoms with E-state index in [0.29, 0.717) is 14.6 Å². The predicted octanol–water partition coefficient (Wildman–Crippen LogP) is 1.70. The summed E-state index contributed by atoms with van der Waals surface area (Å²) in [5.74, 6) is -0.317. The molecule has 0 atom stereocenters. The van der Waals surface area contributed by atoms with Gasteiger partial charge in [0, 0.05) is 0 Å². The summed E-state index contributed by atoms with van der Waals surface area (Å²) in [6.45, 7) is 0. The zero-order valence-corrected chi connectivity index (χ0v) is 7.46. The second-order valence-electron chi connectivity index (χ2n) is 2.05. The van der Waals surface area contributed by atoms with Crippen molar-refractivity contribution < 1.29 is 4.39 Å². The fourth-order valence-electron chi connectivity index (χ4n) is 0.841. The summed E-state index contributed by atoms with van der Waals surface area (Å²) >= 11 is 1.91. The summed E-state index contributed by atoms with van der Waals surface area (Å²) in [5.41, 5.74) is 1.35. The van der Waals surface area contributed by atoms with E-state index in [1.54, 1.807) is 6.20 Å². The minimum atomic E-state index is -0.317. The molecule has 2 heterocycles. The van der Waals surface area contributed by atoms with Gasteiger partial charge in [0.05, 0.1) is 21.5 Å². The third-order valence-electron chi connectivity index (χ3n) is 1.37. The van der Waals surface area contributed by atoms with Gasteiger partial charge in [0.15, 0.2) is 5.82 Å². The Hall–Kier alpha value is -0.720. The molecule has 11 heavy (non-hydrogen) atoms. The average molecular weight is 263 g/mol. The van der Waals surface area contributed by atoms with Crippen LogP contribution in [-0.2, 0) is 0 Å². The second kappa shape index (κ2) is 2.40. The lowest BCUT2D eigenvalue weighted by Crippen LogP contribution is -1.85. The summed E-state index contributed by atoms with van der Waals surface area (Å²) in [6, 6.07) is 0. The molecule has 0 aromatic carbocycles. The molecule has 0 aliphatic carbocycles. The highest BCUT2D eigenvalue weighted by atomic mass is 127. The molecule has 0 fully saturated rings. The number of fused-ring (bicyclic) bond motifs is 1. The lowest BCUT2D eigenvalue weighted by atomic mass is 10.4. The van der Waals surface area contributed by atoms with Crippen molar-refractivity contribution in [1.82, 2.24) is 15.2 Å². The number of halogens is 2.